The Hall–Kier alpha value is -3.13. The first-order valence-electron chi connectivity index (χ1n) is 10.8. The summed E-state index contributed by atoms with van der Waals surface area (Å²) in [5.41, 5.74) is 4.28. The molecule has 1 heterocycles. The Kier molecular flexibility index (Phi) is 6.60. The van der Waals surface area contributed by atoms with E-state index in [1.807, 2.05) is 55.7 Å². The van der Waals surface area contributed by atoms with E-state index in [9.17, 15) is 9.59 Å². The van der Waals surface area contributed by atoms with E-state index in [2.05, 4.69) is 20.8 Å². The lowest BCUT2D eigenvalue weighted by atomic mass is 10.1. The van der Waals surface area contributed by atoms with E-state index in [-0.39, 0.29) is 17.6 Å². The second kappa shape index (κ2) is 9.56. The summed E-state index contributed by atoms with van der Waals surface area (Å²) in [6.07, 6.45) is 2.07. The number of carbonyl (C=O) groups is 2. The fourth-order valence-corrected chi connectivity index (χ4v) is 4.22. The first kappa shape index (κ1) is 22.1. The minimum absolute atomic E-state index is 0.0999. The number of hydrogen-bond acceptors (Lipinski definition) is 5. The minimum Gasteiger partial charge on any atom is -0.349 e. The second-order valence-electron chi connectivity index (χ2n) is 7.98. The molecule has 3 aromatic rings. The number of amides is 2. The van der Waals surface area contributed by atoms with Crippen LogP contribution in [0.4, 0.5) is 5.69 Å². The van der Waals surface area contributed by atoms with Gasteiger partial charge in [-0.2, -0.15) is 0 Å². The van der Waals surface area contributed by atoms with Gasteiger partial charge in [0.1, 0.15) is 0 Å². The van der Waals surface area contributed by atoms with Crippen molar-refractivity contribution in [3.8, 4) is 11.4 Å². The van der Waals surface area contributed by atoms with Crippen LogP contribution in [0, 0.1) is 13.8 Å². The van der Waals surface area contributed by atoms with E-state index in [0.717, 1.165) is 35.4 Å². The number of nitrogens with one attached hydrogen (secondary N) is 2. The summed E-state index contributed by atoms with van der Waals surface area (Å²) < 4.78 is 2.02. The Balaban J connectivity index is 1.42. The van der Waals surface area contributed by atoms with Gasteiger partial charge >= 0.3 is 0 Å². The topological polar surface area (TPSA) is 88.9 Å². The zero-order chi connectivity index (χ0) is 22.7. The molecule has 0 unspecified atom stereocenters. The molecule has 1 aliphatic rings. The number of rotatable bonds is 8. The summed E-state index contributed by atoms with van der Waals surface area (Å²) in [5, 5.41) is 15.3. The van der Waals surface area contributed by atoms with E-state index in [4.69, 9.17) is 0 Å². The highest BCUT2D eigenvalue weighted by molar-refractivity contribution is 7.99. The standard InChI is InChI=1S/C24H27N5O2S/c1-4-29-22(19-8-6-5-7-15(19)2)27-28-24(29)32-14-21(30)26-20-13-17(10-9-16(20)3)23(31)25-18-11-12-18/h5-10,13,18H,4,11-12,14H2,1-3H3,(H,25,31)(H,26,30). The molecule has 0 aliphatic heterocycles. The lowest BCUT2D eigenvalue weighted by Gasteiger charge is -2.11. The van der Waals surface area contributed by atoms with Crippen LogP contribution in [0.2, 0.25) is 0 Å². The van der Waals surface area contributed by atoms with Gasteiger partial charge in [0.15, 0.2) is 11.0 Å². The van der Waals surface area contributed by atoms with Crippen molar-refractivity contribution in [1.29, 1.82) is 0 Å². The smallest absolute Gasteiger partial charge is 0.251 e. The third-order valence-corrected chi connectivity index (χ3v) is 6.40. The zero-order valence-electron chi connectivity index (χ0n) is 18.5. The van der Waals surface area contributed by atoms with E-state index in [1.54, 1.807) is 12.1 Å². The van der Waals surface area contributed by atoms with Crippen LogP contribution in [0.5, 0.6) is 0 Å². The molecule has 1 aliphatic carbocycles. The molecule has 2 N–H and O–H groups in total. The van der Waals surface area contributed by atoms with Crippen LogP contribution in [-0.2, 0) is 11.3 Å². The predicted molar refractivity (Wildman–Crippen MR) is 127 cm³/mol. The van der Waals surface area contributed by atoms with Gasteiger partial charge < -0.3 is 15.2 Å². The summed E-state index contributed by atoms with van der Waals surface area (Å²) in [6, 6.07) is 13.7. The molecule has 8 heteroatoms. The average molecular weight is 450 g/mol. The molecule has 0 atom stereocenters. The predicted octanol–water partition coefficient (Wildman–Crippen LogP) is 4.20. The largest absolute Gasteiger partial charge is 0.349 e. The van der Waals surface area contributed by atoms with E-state index < -0.39 is 0 Å². The van der Waals surface area contributed by atoms with Gasteiger partial charge in [-0.15, -0.1) is 10.2 Å². The van der Waals surface area contributed by atoms with Crippen LogP contribution >= 0.6 is 11.8 Å². The molecule has 32 heavy (non-hydrogen) atoms. The SMILES string of the molecule is CCn1c(SCC(=O)Nc2cc(C(=O)NC3CC3)ccc2C)nnc1-c1ccccc1C. The van der Waals surface area contributed by atoms with Crippen LogP contribution in [0.25, 0.3) is 11.4 Å². The number of aryl methyl sites for hydroxylation is 2. The molecule has 1 aromatic heterocycles. The quantitative estimate of drug-likeness (QED) is 0.503. The lowest BCUT2D eigenvalue weighted by molar-refractivity contribution is -0.113. The normalized spacial score (nSPS) is 13.1. The van der Waals surface area contributed by atoms with Gasteiger partial charge in [-0.1, -0.05) is 42.1 Å². The Morgan fingerprint density at radius 3 is 2.59 bits per heavy atom. The molecule has 1 fully saturated rings. The summed E-state index contributed by atoms with van der Waals surface area (Å²) in [5.74, 6) is 0.751. The monoisotopic (exact) mass is 449 g/mol. The van der Waals surface area contributed by atoms with Gasteiger partial charge in [-0.05, 0) is 56.9 Å². The Morgan fingerprint density at radius 1 is 1.09 bits per heavy atom. The van der Waals surface area contributed by atoms with Crippen LogP contribution in [0.3, 0.4) is 0 Å². The van der Waals surface area contributed by atoms with Crippen molar-refractivity contribution in [2.75, 3.05) is 11.1 Å². The molecule has 0 spiro atoms. The molecule has 166 valence electrons. The molecule has 0 saturated heterocycles. The summed E-state index contributed by atoms with van der Waals surface area (Å²) in [6.45, 7) is 6.70. The average Bonchev–Trinajstić information content (AvgIpc) is 3.50. The maximum absolute atomic E-state index is 12.6. The highest BCUT2D eigenvalue weighted by Gasteiger charge is 2.24. The first-order valence-corrected chi connectivity index (χ1v) is 11.8. The fraction of sp³-hybridized carbons (Fsp3) is 0.333. The highest BCUT2D eigenvalue weighted by Crippen LogP contribution is 2.27. The third-order valence-electron chi connectivity index (χ3n) is 5.44. The van der Waals surface area contributed by atoms with E-state index >= 15 is 0 Å². The van der Waals surface area contributed by atoms with Gasteiger partial charge in [-0.3, -0.25) is 9.59 Å². The molecule has 2 aromatic carbocycles. The summed E-state index contributed by atoms with van der Waals surface area (Å²) in [4.78, 5) is 25.0. The second-order valence-corrected chi connectivity index (χ2v) is 8.92. The summed E-state index contributed by atoms with van der Waals surface area (Å²) in [7, 11) is 0. The molecule has 1 saturated carbocycles. The molecule has 2 amide bonds. The molecule has 0 radical (unpaired) electrons. The number of nitrogens with zero attached hydrogens (tertiary/aromatic N) is 3. The van der Waals surface area contributed by atoms with Crippen molar-refractivity contribution in [2.24, 2.45) is 0 Å². The van der Waals surface area contributed by atoms with Crippen LogP contribution < -0.4 is 10.6 Å². The van der Waals surface area contributed by atoms with Gasteiger partial charge in [0.2, 0.25) is 5.91 Å². The maximum atomic E-state index is 12.6. The minimum atomic E-state index is -0.152. The molecule has 4 rings (SSSR count). The third kappa shape index (κ3) is 5.02. The van der Waals surface area contributed by atoms with E-state index in [0.29, 0.717) is 29.0 Å². The number of thioether (sulfide) groups is 1. The lowest BCUT2D eigenvalue weighted by Crippen LogP contribution is -2.25. The van der Waals surface area contributed by atoms with Crippen molar-refractivity contribution in [1.82, 2.24) is 20.1 Å². The highest BCUT2D eigenvalue weighted by atomic mass is 32.2. The van der Waals surface area contributed by atoms with Gasteiger partial charge in [0.05, 0.1) is 5.75 Å². The van der Waals surface area contributed by atoms with E-state index in [1.165, 1.54) is 11.8 Å². The number of aromatic nitrogens is 3. The van der Waals surface area contributed by atoms with Crippen molar-refractivity contribution in [3.63, 3.8) is 0 Å². The molecule has 0 bridgehead atoms. The van der Waals surface area contributed by atoms with Crippen molar-refractivity contribution < 1.29 is 9.59 Å². The van der Waals surface area contributed by atoms with Crippen molar-refractivity contribution >= 4 is 29.3 Å². The Bertz CT molecular complexity index is 1150. The number of benzene rings is 2. The van der Waals surface area contributed by atoms with Gasteiger partial charge in [-0.25, -0.2) is 0 Å². The maximum Gasteiger partial charge on any atom is 0.251 e. The van der Waals surface area contributed by atoms with Crippen LogP contribution in [-0.4, -0.2) is 38.4 Å². The van der Waals surface area contributed by atoms with Gasteiger partial charge in [0.25, 0.3) is 5.91 Å². The number of hydrogen-bond donors (Lipinski definition) is 2. The Labute approximate surface area is 192 Å². The number of carbonyl (C=O) groups excluding carboxylic acids is 2. The Morgan fingerprint density at radius 2 is 1.88 bits per heavy atom. The fourth-order valence-electron chi connectivity index (χ4n) is 3.41. The van der Waals surface area contributed by atoms with Crippen molar-refractivity contribution in [3.05, 3.63) is 59.2 Å². The summed E-state index contributed by atoms with van der Waals surface area (Å²) >= 11 is 1.35. The van der Waals surface area contributed by atoms with Crippen molar-refractivity contribution in [2.45, 2.75) is 51.4 Å². The van der Waals surface area contributed by atoms with Gasteiger partial charge in [0, 0.05) is 29.4 Å². The molecule has 7 nitrogen and oxygen atoms in total. The van der Waals surface area contributed by atoms with Crippen LogP contribution in [0.1, 0.15) is 41.3 Å². The molecular weight excluding hydrogens is 422 g/mol. The molecular formula is C24H27N5O2S. The zero-order valence-corrected chi connectivity index (χ0v) is 19.3. The van der Waals surface area contributed by atoms with Crippen LogP contribution in [0.15, 0.2) is 47.6 Å². The first-order chi connectivity index (χ1) is 15.5. The number of anilines is 1.